The summed E-state index contributed by atoms with van der Waals surface area (Å²) in [5.41, 5.74) is 1.46. The van der Waals surface area contributed by atoms with Gasteiger partial charge < -0.3 is 20.5 Å². The predicted octanol–water partition coefficient (Wildman–Crippen LogP) is 4.27. The van der Waals surface area contributed by atoms with Gasteiger partial charge in [-0.2, -0.15) is 0 Å². The molecule has 1 heterocycles. The lowest BCUT2D eigenvalue weighted by Crippen LogP contribution is -2.52. The summed E-state index contributed by atoms with van der Waals surface area (Å²) in [7, 11) is 1.67. The lowest BCUT2D eigenvalue weighted by molar-refractivity contribution is -0.140. The molecule has 2 aliphatic rings. The van der Waals surface area contributed by atoms with Crippen molar-refractivity contribution in [2.24, 2.45) is 5.41 Å². The Balaban J connectivity index is 1.40. The Kier molecular flexibility index (Phi) is 7.44. The van der Waals surface area contributed by atoms with Crippen molar-refractivity contribution >= 4 is 46.5 Å². The Bertz CT molecular complexity index is 1150. The van der Waals surface area contributed by atoms with Gasteiger partial charge in [0.25, 0.3) is 5.91 Å². The first-order chi connectivity index (χ1) is 16.7. The summed E-state index contributed by atoms with van der Waals surface area (Å²) in [4.78, 5) is 40.8. The highest BCUT2D eigenvalue weighted by Gasteiger charge is 2.50. The van der Waals surface area contributed by atoms with Crippen LogP contribution in [0.5, 0.6) is 0 Å². The first-order valence-corrected chi connectivity index (χ1v) is 12.0. The molecule has 0 aliphatic heterocycles. The molecule has 35 heavy (non-hydrogen) atoms. The van der Waals surface area contributed by atoms with Crippen LogP contribution in [0.3, 0.4) is 0 Å². The maximum atomic E-state index is 12.5. The van der Waals surface area contributed by atoms with Gasteiger partial charge in [-0.25, -0.2) is 4.79 Å². The first kappa shape index (κ1) is 25.2. The highest BCUT2D eigenvalue weighted by atomic mass is 35.5. The average Bonchev–Trinajstić information content (AvgIpc) is 2.84. The molecule has 1 saturated carbocycles. The molecule has 4 rings (SSSR count). The molecule has 0 unspecified atom stereocenters. The number of halogens is 2. The van der Waals surface area contributed by atoms with Gasteiger partial charge >= 0.3 is 5.97 Å². The Morgan fingerprint density at radius 1 is 1.17 bits per heavy atom. The van der Waals surface area contributed by atoms with Gasteiger partial charge in [0.1, 0.15) is 6.04 Å². The summed E-state index contributed by atoms with van der Waals surface area (Å²) in [6, 6.07) is 5.93. The van der Waals surface area contributed by atoms with E-state index in [2.05, 4.69) is 15.6 Å². The van der Waals surface area contributed by atoms with Crippen molar-refractivity contribution in [2.45, 2.75) is 44.2 Å². The second-order valence-corrected chi connectivity index (χ2v) is 9.62. The van der Waals surface area contributed by atoms with E-state index in [0.717, 1.165) is 18.4 Å². The largest absolute Gasteiger partial charge is 0.480 e. The minimum absolute atomic E-state index is 0.0493. The second-order valence-electron chi connectivity index (χ2n) is 8.81. The first-order valence-electron chi connectivity index (χ1n) is 11.2. The fourth-order valence-electron chi connectivity index (χ4n) is 4.65. The molecule has 1 aromatic heterocycles. The zero-order valence-electron chi connectivity index (χ0n) is 19.0. The SMILES string of the molecule is COC1CCC2(CC1)C(=O)C=C2N[C@@H](Cc1ccc(NC(=O)c2c(Cl)cncc2Cl)cc1)C(=O)O. The molecule has 0 bridgehead atoms. The van der Waals surface area contributed by atoms with E-state index in [-0.39, 0.29) is 33.9 Å². The molecule has 2 aromatic rings. The number of rotatable bonds is 8. The van der Waals surface area contributed by atoms with E-state index in [9.17, 15) is 19.5 Å². The standard InChI is InChI=1S/C25H25Cl2N3O5/c1-35-16-6-8-25(9-7-16)20(11-21(25)31)30-19(24(33)34)10-14-2-4-15(5-3-14)29-23(32)22-17(26)12-28-13-18(22)27/h2-5,11-13,16,19,30H,6-10H2,1H3,(H,29,32)(H,33,34)/t16?,19-,25?/m0/s1. The summed E-state index contributed by atoms with van der Waals surface area (Å²) in [5, 5.41) is 15.9. The van der Waals surface area contributed by atoms with Crippen molar-refractivity contribution < 1.29 is 24.2 Å². The van der Waals surface area contributed by atoms with E-state index in [0.29, 0.717) is 24.2 Å². The molecule has 1 atom stereocenters. The number of benzene rings is 1. The van der Waals surface area contributed by atoms with Crippen LogP contribution in [-0.2, 0) is 20.7 Å². The number of carbonyl (C=O) groups is 3. The number of nitrogens with one attached hydrogen (secondary N) is 2. The van der Waals surface area contributed by atoms with Crippen molar-refractivity contribution in [2.75, 3.05) is 12.4 Å². The van der Waals surface area contributed by atoms with E-state index in [4.69, 9.17) is 27.9 Å². The molecule has 0 radical (unpaired) electrons. The number of methoxy groups -OCH3 is 1. The number of hydrogen-bond donors (Lipinski definition) is 3. The van der Waals surface area contributed by atoms with Crippen LogP contribution in [0.4, 0.5) is 5.69 Å². The van der Waals surface area contributed by atoms with E-state index < -0.39 is 23.3 Å². The molecule has 0 saturated heterocycles. The number of amides is 1. The quantitative estimate of drug-likeness (QED) is 0.478. The van der Waals surface area contributed by atoms with Gasteiger partial charge in [-0.3, -0.25) is 14.6 Å². The van der Waals surface area contributed by atoms with Crippen molar-refractivity contribution in [3.05, 3.63) is 69.6 Å². The number of allylic oxidation sites excluding steroid dienone is 2. The second kappa shape index (κ2) is 10.4. The number of aromatic nitrogens is 1. The Hall–Kier alpha value is -2.94. The van der Waals surface area contributed by atoms with Crippen LogP contribution in [0, 0.1) is 5.41 Å². The third kappa shape index (κ3) is 5.19. The summed E-state index contributed by atoms with van der Waals surface area (Å²) in [6.07, 6.45) is 7.35. The van der Waals surface area contributed by atoms with Crippen LogP contribution in [0.25, 0.3) is 0 Å². The van der Waals surface area contributed by atoms with Crippen molar-refractivity contribution in [3.8, 4) is 0 Å². The molecule has 1 amide bonds. The number of carbonyl (C=O) groups excluding carboxylic acids is 2. The fourth-order valence-corrected chi connectivity index (χ4v) is 5.18. The zero-order chi connectivity index (χ0) is 25.2. The maximum absolute atomic E-state index is 12.5. The van der Waals surface area contributed by atoms with Gasteiger partial charge in [-0.1, -0.05) is 35.3 Å². The molecule has 3 N–H and O–H groups in total. The van der Waals surface area contributed by atoms with Gasteiger partial charge in [-0.05, 0) is 43.4 Å². The molecule has 184 valence electrons. The minimum Gasteiger partial charge on any atom is -0.480 e. The minimum atomic E-state index is -1.01. The Morgan fingerprint density at radius 3 is 2.34 bits per heavy atom. The molecule has 1 spiro atoms. The number of ketones is 1. The van der Waals surface area contributed by atoms with Crippen molar-refractivity contribution in [1.29, 1.82) is 0 Å². The van der Waals surface area contributed by atoms with E-state index >= 15 is 0 Å². The van der Waals surface area contributed by atoms with Crippen LogP contribution in [-0.4, -0.2) is 47.0 Å². The average molecular weight is 518 g/mol. The third-order valence-electron chi connectivity index (χ3n) is 6.74. The predicted molar refractivity (Wildman–Crippen MR) is 132 cm³/mol. The van der Waals surface area contributed by atoms with Gasteiger partial charge in [0.05, 0.1) is 27.1 Å². The Labute approximate surface area is 212 Å². The number of anilines is 1. The molecule has 10 heteroatoms. The lowest BCUT2D eigenvalue weighted by atomic mass is 9.62. The van der Waals surface area contributed by atoms with Gasteiger partial charge in [0, 0.05) is 43.4 Å². The normalized spacial score (nSPS) is 22.2. The van der Waals surface area contributed by atoms with E-state index in [1.165, 1.54) is 18.5 Å². The molecular weight excluding hydrogens is 493 g/mol. The number of carboxylic acid groups (broad SMARTS) is 1. The maximum Gasteiger partial charge on any atom is 0.326 e. The molecule has 1 fully saturated rings. The number of nitrogens with zero attached hydrogens (tertiary/aromatic N) is 1. The molecular formula is C25H25Cl2N3O5. The van der Waals surface area contributed by atoms with E-state index in [1.54, 1.807) is 31.4 Å². The van der Waals surface area contributed by atoms with Gasteiger partial charge in [0.15, 0.2) is 5.78 Å². The fraction of sp³-hybridized carbons (Fsp3) is 0.360. The van der Waals surface area contributed by atoms with Crippen molar-refractivity contribution in [3.63, 3.8) is 0 Å². The van der Waals surface area contributed by atoms with Gasteiger partial charge in [-0.15, -0.1) is 0 Å². The van der Waals surface area contributed by atoms with Gasteiger partial charge in [0.2, 0.25) is 0 Å². The highest BCUT2D eigenvalue weighted by molar-refractivity contribution is 6.40. The summed E-state index contributed by atoms with van der Waals surface area (Å²) in [6.45, 7) is 0. The smallest absolute Gasteiger partial charge is 0.326 e. The molecule has 8 nitrogen and oxygen atoms in total. The van der Waals surface area contributed by atoms with Crippen LogP contribution < -0.4 is 10.6 Å². The summed E-state index contributed by atoms with van der Waals surface area (Å²) < 4.78 is 5.40. The summed E-state index contributed by atoms with van der Waals surface area (Å²) >= 11 is 12.1. The summed E-state index contributed by atoms with van der Waals surface area (Å²) in [5.74, 6) is -1.44. The number of hydrogen-bond acceptors (Lipinski definition) is 6. The lowest BCUT2D eigenvalue weighted by Gasteiger charge is -2.45. The molecule has 1 aromatic carbocycles. The Morgan fingerprint density at radius 2 is 1.80 bits per heavy atom. The third-order valence-corrected chi connectivity index (χ3v) is 7.32. The van der Waals surface area contributed by atoms with Crippen LogP contribution >= 0.6 is 23.2 Å². The molecule has 2 aliphatic carbocycles. The number of aliphatic carboxylic acids is 1. The van der Waals surface area contributed by atoms with Crippen LogP contribution in [0.15, 0.2) is 48.4 Å². The van der Waals surface area contributed by atoms with Crippen LogP contribution in [0.1, 0.15) is 41.6 Å². The monoisotopic (exact) mass is 517 g/mol. The van der Waals surface area contributed by atoms with Crippen molar-refractivity contribution in [1.82, 2.24) is 10.3 Å². The topological polar surface area (TPSA) is 118 Å². The number of carboxylic acids is 1. The zero-order valence-corrected chi connectivity index (χ0v) is 20.5. The number of ether oxygens (including phenoxy) is 1. The van der Waals surface area contributed by atoms with E-state index in [1.807, 2.05) is 0 Å². The number of pyridine rings is 1. The highest BCUT2D eigenvalue weighted by Crippen LogP contribution is 2.48. The van der Waals surface area contributed by atoms with Crippen LogP contribution in [0.2, 0.25) is 10.0 Å².